The van der Waals surface area contributed by atoms with Crippen molar-refractivity contribution in [2.45, 2.75) is 56.2 Å². The smallest absolute Gasteiger partial charge is 0.217 e. The van der Waals surface area contributed by atoms with Crippen molar-refractivity contribution < 1.29 is 23.7 Å². The van der Waals surface area contributed by atoms with Crippen molar-refractivity contribution in [2.24, 2.45) is 5.92 Å². The van der Waals surface area contributed by atoms with E-state index in [0.29, 0.717) is 19.6 Å². The van der Waals surface area contributed by atoms with E-state index in [1.807, 2.05) is 60.7 Å². The minimum Gasteiger partial charge on any atom is -0.368 e. The summed E-state index contributed by atoms with van der Waals surface area (Å²) in [6, 6.07) is 21.4. The van der Waals surface area contributed by atoms with Crippen LogP contribution in [0, 0.1) is 17.2 Å². The van der Waals surface area contributed by atoms with Crippen LogP contribution in [0.4, 0.5) is 0 Å². The monoisotopic (exact) mass is 434 g/mol. The van der Waals surface area contributed by atoms with E-state index in [-0.39, 0.29) is 17.9 Å². The van der Waals surface area contributed by atoms with E-state index >= 15 is 0 Å². The Hall–Kier alpha value is -2.76. The molecular weight excluding hydrogens is 408 g/mol. The second-order valence-corrected chi connectivity index (χ2v) is 8.61. The largest absolute Gasteiger partial charge is 0.368 e. The zero-order chi connectivity index (χ0) is 22.1. The normalized spacial score (nSPS) is 35.5. The van der Waals surface area contributed by atoms with Crippen molar-refractivity contribution in [1.29, 1.82) is 5.26 Å². The van der Waals surface area contributed by atoms with Gasteiger partial charge in [-0.3, -0.25) is 4.79 Å². The highest BCUT2D eigenvalue weighted by Crippen LogP contribution is 2.55. The third kappa shape index (κ3) is 3.91. The van der Waals surface area contributed by atoms with Crippen molar-refractivity contribution in [3.05, 3.63) is 71.8 Å². The number of nitriles is 1. The number of ether oxygens (including phenoxy) is 4. The van der Waals surface area contributed by atoms with Gasteiger partial charge in [-0.05, 0) is 12.0 Å². The lowest BCUT2D eigenvalue weighted by Crippen LogP contribution is -2.68. The standard InChI is InChI=1S/C25H26N2O5/c1-16(28)27-23-22(29-14-17-8-4-2-5-9-17)21-20(32-25(23)12-19(25)13-26)15-30-24(31-21)18-10-6-3-7-11-18/h2-11,19-24H,12,14-15H2,1H3,(H,27,28)/t19-,20+,21+,22+,23+,24+,25-/m0/s1. The van der Waals surface area contributed by atoms with Crippen LogP contribution >= 0.6 is 0 Å². The molecular formula is C25H26N2O5. The first-order valence-electron chi connectivity index (χ1n) is 10.9. The molecule has 2 heterocycles. The van der Waals surface area contributed by atoms with Crippen LogP contribution in [0.25, 0.3) is 0 Å². The van der Waals surface area contributed by atoms with E-state index in [2.05, 4.69) is 11.4 Å². The van der Waals surface area contributed by atoms with Gasteiger partial charge in [0.05, 0.1) is 31.2 Å². The molecule has 1 amide bonds. The van der Waals surface area contributed by atoms with E-state index in [9.17, 15) is 10.1 Å². The highest BCUT2D eigenvalue weighted by atomic mass is 16.7. The summed E-state index contributed by atoms with van der Waals surface area (Å²) >= 11 is 0. The molecule has 3 aliphatic rings. The second-order valence-electron chi connectivity index (χ2n) is 8.61. The molecule has 7 atom stereocenters. The number of carbonyl (C=O) groups excluding carboxylic acids is 1. The molecule has 0 aromatic heterocycles. The number of benzene rings is 2. The fraction of sp³-hybridized carbons (Fsp3) is 0.440. The molecule has 1 saturated carbocycles. The number of hydrogen-bond acceptors (Lipinski definition) is 6. The molecule has 2 aromatic carbocycles. The van der Waals surface area contributed by atoms with Gasteiger partial charge in [-0.2, -0.15) is 5.26 Å². The van der Waals surface area contributed by atoms with Crippen molar-refractivity contribution in [1.82, 2.24) is 5.32 Å². The molecule has 0 bridgehead atoms. The minimum absolute atomic E-state index is 0.194. The molecule has 2 saturated heterocycles. The Labute approximate surface area is 187 Å². The van der Waals surface area contributed by atoms with Crippen LogP contribution in [0.1, 0.15) is 30.8 Å². The summed E-state index contributed by atoms with van der Waals surface area (Å²) < 4.78 is 25.2. The lowest BCUT2D eigenvalue weighted by molar-refractivity contribution is -0.326. The van der Waals surface area contributed by atoms with E-state index in [1.54, 1.807) is 0 Å². The van der Waals surface area contributed by atoms with Gasteiger partial charge in [-0.15, -0.1) is 0 Å². The fourth-order valence-corrected chi connectivity index (χ4v) is 4.81. The SMILES string of the molecule is CC(=O)N[C@@H]1[C@H](OCc2ccccc2)[C@@H]2O[C@H](c3ccccc3)OC[C@H]2O[C@]12C[C@H]2C#N. The zero-order valence-corrected chi connectivity index (χ0v) is 17.8. The highest BCUT2D eigenvalue weighted by molar-refractivity contribution is 5.73. The topological polar surface area (TPSA) is 89.8 Å². The molecule has 0 unspecified atom stereocenters. The lowest BCUT2D eigenvalue weighted by Gasteiger charge is -2.50. The fourth-order valence-electron chi connectivity index (χ4n) is 4.81. The molecule has 2 aromatic rings. The third-order valence-corrected chi connectivity index (χ3v) is 6.43. The van der Waals surface area contributed by atoms with E-state index in [4.69, 9.17) is 18.9 Å². The summed E-state index contributed by atoms with van der Waals surface area (Å²) in [5.74, 6) is -0.505. The Morgan fingerprint density at radius 3 is 2.56 bits per heavy atom. The predicted molar refractivity (Wildman–Crippen MR) is 114 cm³/mol. The molecule has 3 fully saturated rings. The maximum absolute atomic E-state index is 12.1. The number of rotatable bonds is 5. The number of hydrogen-bond donors (Lipinski definition) is 1. The maximum atomic E-state index is 12.1. The summed E-state index contributed by atoms with van der Waals surface area (Å²) in [4.78, 5) is 12.1. The van der Waals surface area contributed by atoms with Crippen molar-refractivity contribution in [3.8, 4) is 6.07 Å². The van der Waals surface area contributed by atoms with Gasteiger partial charge in [0.15, 0.2) is 6.29 Å². The van der Waals surface area contributed by atoms with Crippen molar-refractivity contribution >= 4 is 5.91 Å². The molecule has 1 aliphatic carbocycles. The van der Waals surface area contributed by atoms with Crippen molar-refractivity contribution in [3.63, 3.8) is 0 Å². The van der Waals surface area contributed by atoms with Gasteiger partial charge in [0.2, 0.25) is 5.91 Å². The number of carbonyl (C=O) groups is 1. The van der Waals surface area contributed by atoms with Gasteiger partial charge in [0.1, 0.15) is 23.9 Å². The summed E-state index contributed by atoms with van der Waals surface area (Å²) in [6.07, 6.45) is -1.35. The van der Waals surface area contributed by atoms with Gasteiger partial charge in [-0.1, -0.05) is 60.7 Å². The van der Waals surface area contributed by atoms with E-state index in [1.165, 1.54) is 6.92 Å². The third-order valence-electron chi connectivity index (χ3n) is 6.43. The lowest BCUT2D eigenvalue weighted by atomic mass is 9.88. The van der Waals surface area contributed by atoms with Gasteiger partial charge in [-0.25, -0.2) is 0 Å². The summed E-state index contributed by atoms with van der Waals surface area (Å²) in [6.45, 7) is 2.15. The first kappa shape index (κ1) is 21.1. The Kier molecular flexibility index (Phi) is 5.70. The second kappa shape index (κ2) is 8.64. The van der Waals surface area contributed by atoms with Crippen molar-refractivity contribution in [2.75, 3.05) is 6.61 Å². The van der Waals surface area contributed by atoms with Gasteiger partial charge >= 0.3 is 0 Å². The van der Waals surface area contributed by atoms with Crippen LogP contribution in [0.3, 0.4) is 0 Å². The molecule has 2 aliphatic heterocycles. The molecule has 32 heavy (non-hydrogen) atoms. The average Bonchev–Trinajstić information content (AvgIpc) is 3.53. The average molecular weight is 434 g/mol. The van der Waals surface area contributed by atoms with Gasteiger partial charge in [0.25, 0.3) is 0 Å². The minimum atomic E-state index is -0.782. The van der Waals surface area contributed by atoms with Crippen LogP contribution in [0.5, 0.6) is 0 Å². The number of nitrogens with one attached hydrogen (secondary N) is 1. The van der Waals surface area contributed by atoms with Crippen LogP contribution in [0.2, 0.25) is 0 Å². The Morgan fingerprint density at radius 1 is 1.19 bits per heavy atom. The molecule has 0 radical (unpaired) electrons. The molecule has 7 nitrogen and oxygen atoms in total. The van der Waals surface area contributed by atoms with Gasteiger partial charge in [0, 0.05) is 12.5 Å². The molecule has 7 heteroatoms. The summed E-state index contributed by atoms with van der Waals surface area (Å²) in [5, 5.41) is 12.6. The highest BCUT2D eigenvalue weighted by Gasteiger charge is 2.69. The summed E-state index contributed by atoms with van der Waals surface area (Å²) in [5.41, 5.74) is 1.14. The first-order chi connectivity index (χ1) is 15.6. The Bertz CT molecular complexity index is 994. The number of nitrogens with zero attached hydrogens (tertiary/aromatic N) is 1. The van der Waals surface area contributed by atoms with Crippen LogP contribution in [-0.2, 0) is 30.3 Å². The molecule has 166 valence electrons. The van der Waals surface area contributed by atoms with E-state index in [0.717, 1.165) is 11.1 Å². The maximum Gasteiger partial charge on any atom is 0.217 e. The molecule has 1 spiro atoms. The Morgan fingerprint density at radius 2 is 1.91 bits per heavy atom. The van der Waals surface area contributed by atoms with Crippen LogP contribution in [-0.4, -0.2) is 42.5 Å². The number of fused-ring (bicyclic) bond motifs is 1. The summed E-state index contributed by atoms with van der Waals surface area (Å²) in [7, 11) is 0. The Balaban J connectivity index is 1.45. The zero-order valence-electron chi connectivity index (χ0n) is 17.8. The number of amides is 1. The predicted octanol–water partition coefficient (Wildman–Crippen LogP) is 2.87. The van der Waals surface area contributed by atoms with Crippen LogP contribution < -0.4 is 5.32 Å². The van der Waals surface area contributed by atoms with Gasteiger partial charge < -0.3 is 24.3 Å². The quantitative estimate of drug-likeness (QED) is 0.778. The van der Waals surface area contributed by atoms with Crippen LogP contribution in [0.15, 0.2) is 60.7 Å². The molecule has 5 rings (SSSR count). The first-order valence-corrected chi connectivity index (χ1v) is 10.9. The molecule has 1 N–H and O–H groups in total. The van der Waals surface area contributed by atoms with E-state index < -0.39 is 30.1 Å².